The van der Waals surface area contributed by atoms with E-state index in [9.17, 15) is 0 Å². The van der Waals surface area contributed by atoms with Crippen molar-refractivity contribution in [3.8, 4) is 22.3 Å². The van der Waals surface area contributed by atoms with E-state index in [1.54, 1.807) is 0 Å². The molecule has 0 fully saturated rings. The predicted octanol–water partition coefficient (Wildman–Crippen LogP) is 12.5. The zero-order valence-electron chi connectivity index (χ0n) is 30.2. The van der Waals surface area contributed by atoms with Crippen molar-refractivity contribution in [3.63, 3.8) is 0 Å². The van der Waals surface area contributed by atoms with E-state index in [1.165, 1.54) is 85.1 Å². The fourth-order valence-electron chi connectivity index (χ4n) is 9.18. The monoisotopic (exact) mass is 692 g/mol. The second kappa shape index (κ2) is 12.3. The summed E-state index contributed by atoms with van der Waals surface area (Å²) < 4.78 is 6.67. The Hall–Kier alpha value is -6.52. The Morgan fingerprint density at radius 2 is 1.28 bits per heavy atom. The van der Waals surface area contributed by atoms with Gasteiger partial charge in [-0.2, -0.15) is 0 Å². The topological polar surface area (TPSA) is 19.6 Å². The predicted molar refractivity (Wildman–Crippen MR) is 229 cm³/mol. The first-order valence-electron chi connectivity index (χ1n) is 19.2. The number of unbranched alkanes of at least 4 members (excludes halogenated alkanes) is 1. The Morgan fingerprint density at radius 3 is 2.13 bits per heavy atom. The SMILES string of the molecule is CCCCc1ccc(N2c3cc4oc5ccccc5c4cc3B3c4c2cc2ccccc2c4-c2ccccc2N3c2ccccc2)c(-c2ccccc2)c1. The van der Waals surface area contributed by atoms with Crippen LogP contribution >= 0.6 is 0 Å². The highest BCUT2D eigenvalue weighted by atomic mass is 16.3. The molecular weight excluding hydrogens is 655 g/mol. The van der Waals surface area contributed by atoms with E-state index in [2.05, 4.69) is 186 Å². The van der Waals surface area contributed by atoms with Gasteiger partial charge in [-0.05, 0) is 93.7 Å². The molecule has 3 heterocycles. The molecule has 8 aromatic carbocycles. The summed E-state index contributed by atoms with van der Waals surface area (Å²) in [5.41, 5.74) is 16.6. The lowest BCUT2D eigenvalue weighted by molar-refractivity contribution is 0.669. The number of hydrogen-bond donors (Lipinski definition) is 0. The molecule has 9 aromatic rings. The second-order valence-corrected chi connectivity index (χ2v) is 14.7. The molecule has 0 N–H and O–H groups in total. The summed E-state index contributed by atoms with van der Waals surface area (Å²) in [6.07, 6.45) is 3.39. The first-order chi connectivity index (χ1) is 26.8. The molecule has 4 heteroatoms. The molecule has 0 bridgehead atoms. The van der Waals surface area contributed by atoms with Crippen LogP contribution in [0.3, 0.4) is 0 Å². The summed E-state index contributed by atoms with van der Waals surface area (Å²) in [5.74, 6) is 0. The molecule has 0 unspecified atom stereocenters. The van der Waals surface area contributed by atoms with Gasteiger partial charge in [0.15, 0.2) is 0 Å². The number of aryl methyl sites for hydroxylation is 1. The fraction of sp³-hybridized carbons (Fsp3) is 0.0800. The third-order valence-corrected chi connectivity index (χ3v) is 11.6. The van der Waals surface area contributed by atoms with E-state index >= 15 is 0 Å². The lowest BCUT2D eigenvalue weighted by Crippen LogP contribution is -2.61. The molecule has 11 rings (SSSR count). The van der Waals surface area contributed by atoms with E-state index in [0.717, 1.165) is 34.0 Å². The van der Waals surface area contributed by atoms with E-state index in [0.29, 0.717) is 0 Å². The van der Waals surface area contributed by atoms with Crippen LogP contribution in [0.25, 0.3) is 55.0 Å². The van der Waals surface area contributed by atoms with E-state index in [-0.39, 0.29) is 6.85 Å². The third-order valence-electron chi connectivity index (χ3n) is 11.6. The first kappa shape index (κ1) is 31.1. The lowest BCUT2D eigenvalue weighted by atomic mass is 9.43. The lowest BCUT2D eigenvalue weighted by Gasteiger charge is -2.46. The molecule has 0 amide bonds. The highest BCUT2D eigenvalue weighted by Crippen LogP contribution is 2.51. The molecule has 256 valence electrons. The number of benzene rings is 8. The zero-order chi connectivity index (χ0) is 35.8. The minimum Gasteiger partial charge on any atom is -0.456 e. The number of hydrogen-bond acceptors (Lipinski definition) is 3. The summed E-state index contributed by atoms with van der Waals surface area (Å²) in [4.78, 5) is 5.12. The average Bonchev–Trinajstić information content (AvgIpc) is 3.60. The van der Waals surface area contributed by atoms with Crippen molar-refractivity contribution >= 4 is 78.9 Å². The van der Waals surface area contributed by atoms with Gasteiger partial charge < -0.3 is 14.1 Å². The molecule has 54 heavy (non-hydrogen) atoms. The third kappa shape index (κ3) is 4.63. The number of furan rings is 1. The number of anilines is 5. The molecule has 0 saturated heterocycles. The van der Waals surface area contributed by atoms with Crippen LogP contribution in [0.1, 0.15) is 25.3 Å². The molecule has 3 nitrogen and oxygen atoms in total. The summed E-state index contributed by atoms with van der Waals surface area (Å²) in [6, 6.07) is 62.5. The van der Waals surface area contributed by atoms with E-state index < -0.39 is 0 Å². The van der Waals surface area contributed by atoms with Crippen molar-refractivity contribution in [2.45, 2.75) is 26.2 Å². The summed E-state index contributed by atoms with van der Waals surface area (Å²) in [7, 11) is 0. The van der Waals surface area contributed by atoms with Crippen LogP contribution < -0.4 is 20.6 Å². The highest BCUT2D eigenvalue weighted by molar-refractivity contribution is 6.94. The number of nitrogens with zero attached hydrogens (tertiary/aromatic N) is 2. The van der Waals surface area contributed by atoms with Gasteiger partial charge in [0, 0.05) is 50.7 Å². The molecule has 1 aromatic heterocycles. The van der Waals surface area contributed by atoms with Crippen LogP contribution in [0.15, 0.2) is 174 Å². The van der Waals surface area contributed by atoms with E-state index in [4.69, 9.17) is 4.42 Å². The van der Waals surface area contributed by atoms with Gasteiger partial charge in [0.1, 0.15) is 11.2 Å². The molecular formula is C50H37BN2O. The molecule has 2 aliphatic heterocycles. The second-order valence-electron chi connectivity index (χ2n) is 14.7. The summed E-state index contributed by atoms with van der Waals surface area (Å²) >= 11 is 0. The number of fused-ring (bicyclic) bond motifs is 9. The van der Waals surface area contributed by atoms with Crippen LogP contribution in [-0.4, -0.2) is 6.85 Å². The van der Waals surface area contributed by atoms with Gasteiger partial charge in [-0.15, -0.1) is 0 Å². The van der Waals surface area contributed by atoms with Crippen LogP contribution in [0, 0.1) is 0 Å². The summed E-state index contributed by atoms with van der Waals surface area (Å²) in [6.45, 7) is 2.18. The molecule has 0 atom stereocenters. The van der Waals surface area contributed by atoms with Gasteiger partial charge in [-0.3, -0.25) is 0 Å². The van der Waals surface area contributed by atoms with Crippen LogP contribution in [0.5, 0.6) is 0 Å². The molecule has 2 aliphatic rings. The van der Waals surface area contributed by atoms with Crippen molar-refractivity contribution in [2.24, 2.45) is 0 Å². The van der Waals surface area contributed by atoms with Gasteiger partial charge in [0.25, 0.3) is 0 Å². The Bertz CT molecular complexity index is 2900. The Kier molecular flexibility index (Phi) is 7.06. The van der Waals surface area contributed by atoms with Gasteiger partial charge >= 0.3 is 6.85 Å². The van der Waals surface area contributed by atoms with Crippen molar-refractivity contribution in [1.29, 1.82) is 0 Å². The molecule has 0 radical (unpaired) electrons. The smallest absolute Gasteiger partial charge is 0.333 e. The summed E-state index contributed by atoms with van der Waals surface area (Å²) in [5, 5.41) is 4.78. The van der Waals surface area contributed by atoms with Crippen LogP contribution in [0.4, 0.5) is 28.4 Å². The van der Waals surface area contributed by atoms with Gasteiger partial charge in [0.2, 0.25) is 0 Å². The van der Waals surface area contributed by atoms with Gasteiger partial charge in [-0.25, -0.2) is 0 Å². The average molecular weight is 693 g/mol. The van der Waals surface area contributed by atoms with Gasteiger partial charge in [-0.1, -0.05) is 135 Å². The van der Waals surface area contributed by atoms with Crippen molar-refractivity contribution < 1.29 is 4.42 Å². The van der Waals surface area contributed by atoms with Crippen molar-refractivity contribution in [2.75, 3.05) is 9.71 Å². The zero-order valence-corrected chi connectivity index (χ0v) is 30.2. The Labute approximate surface area is 315 Å². The molecule has 0 spiro atoms. The minimum absolute atomic E-state index is 0.0924. The van der Waals surface area contributed by atoms with E-state index in [1.807, 2.05) is 0 Å². The quantitative estimate of drug-likeness (QED) is 0.162. The maximum atomic E-state index is 6.67. The Morgan fingerprint density at radius 1 is 0.537 bits per heavy atom. The van der Waals surface area contributed by atoms with Crippen molar-refractivity contribution in [3.05, 3.63) is 175 Å². The van der Waals surface area contributed by atoms with Crippen LogP contribution in [0.2, 0.25) is 0 Å². The maximum Gasteiger partial charge on any atom is 0.333 e. The normalized spacial score (nSPS) is 13.0. The number of rotatable bonds is 6. The van der Waals surface area contributed by atoms with Crippen molar-refractivity contribution in [1.82, 2.24) is 0 Å². The fourth-order valence-corrected chi connectivity index (χ4v) is 9.18. The molecule has 0 aliphatic carbocycles. The van der Waals surface area contributed by atoms with Crippen LogP contribution in [-0.2, 0) is 6.42 Å². The minimum atomic E-state index is -0.0924. The maximum absolute atomic E-state index is 6.67. The standard InChI is InChI=1S/C50H37BN2O/c1-2-3-16-33-27-28-43(40(29-33)34-17-6-4-7-18-34)52-45-32-48-41(38-23-13-15-26-47(38)54-48)31-42(45)51-50-46(52)30-35-19-10-11-22-37(35)49(50)39-24-12-14-25-44(39)53(51)36-20-8-5-9-21-36/h4-15,17-32H,2-3,16H2,1H3. The van der Waals surface area contributed by atoms with Gasteiger partial charge in [0.05, 0.1) is 5.69 Å². The first-order valence-corrected chi connectivity index (χ1v) is 19.2. The number of para-hydroxylation sites is 3. The highest BCUT2D eigenvalue weighted by Gasteiger charge is 2.46. The largest absolute Gasteiger partial charge is 0.456 e. The molecule has 0 saturated carbocycles. The Balaban J connectivity index is 1.30.